The topological polar surface area (TPSA) is 57.1 Å². The molecule has 0 bridgehead atoms. The van der Waals surface area contributed by atoms with E-state index in [1.807, 2.05) is 18.5 Å². The quantitative estimate of drug-likeness (QED) is 0.521. The van der Waals surface area contributed by atoms with Crippen molar-refractivity contribution in [3.8, 4) is 22.8 Å². The number of hydrogen-bond donors (Lipinski definition) is 2. The van der Waals surface area contributed by atoms with Crippen LogP contribution in [-0.2, 0) is 0 Å². The molecule has 0 atom stereocenters. The molecule has 0 radical (unpaired) electrons. The Balaban J connectivity index is 1.43. The van der Waals surface area contributed by atoms with Crippen molar-refractivity contribution in [2.45, 2.75) is 26.3 Å². The number of fused-ring (bicyclic) bond motifs is 1. The summed E-state index contributed by atoms with van der Waals surface area (Å²) in [4.78, 5) is 10.3. The van der Waals surface area contributed by atoms with E-state index in [1.54, 1.807) is 0 Å². The minimum Gasteiger partial charge on any atom is -0.436 e. The van der Waals surface area contributed by atoms with Crippen molar-refractivity contribution in [3.63, 3.8) is 0 Å². The van der Waals surface area contributed by atoms with Gasteiger partial charge >= 0.3 is 0 Å². The number of nitrogens with one attached hydrogen (secondary N) is 2. The van der Waals surface area contributed by atoms with Gasteiger partial charge in [-0.3, -0.25) is 0 Å². The van der Waals surface area contributed by atoms with Crippen molar-refractivity contribution in [2.75, 3.05) is 24.5 Å². The molecule has 0 aliphatic carbocycles. The van der Waals surface area contributed by atoms with Gasteiger partial charge in [0.2, 0.25) is 5.89 Å². The number of anilines is 1. The van der Waals surface area contributed by atoms with Gasteiger partial charge in [-0.2, -0.15) is 0 Å². The minimum absolute atomic E-state index is 0.133. The third-order valence-corrected chi connectivity index (χ3v) is 5.73. The van der Waals surface area contributed by atoms with E-state index < -0.39 is 0 Å². The second-order valence-electron chi connectivity index (χ2n) is 8.51. The SMILES string of the molecule is Cc1c[nH]c2cccc(-c3ncc(-c4ccc(N5CCNC(C)(C)C5)cc4)o3)c12. The Morgan fingerprint density at radius 2 is 1.93 bits per heavy atom. The summed E-state index contributed by atoms with van der Waals surface area (Å²) in [7, 11) is 0. The van der Waals surface area contributed by atoms with E-state index in [0.717, 1.165) is 47.4 Å². The first-order chi connectivity index (χ1) is 14.0. The van der Waals surface area contributed by atoms with Crippen molar-refractivity contribution < 1.29 is 4.42 Å². The lowest BCUT2D eigenvalue weighted by Gasteiger charge is -2.40. The molecule has 2 aromatic carbocycles. The smallest absolute Gasteiger partial charge is 0.227 e. The van der Waals surface area contributed by atoms with Crippen molar-refractivity contribution in [1.29, 1.82) is 0 Å². The predicted molar refractivity (Wildman–Crippen MR) is 118 cm³/mol. The zero-order valence-electron chi connectivity index (χ0n) is 17.1. The van der Waals surface area contributed by atoms with Gasteiger partial charge in [0.1, 0.15) is 0 Å². The summed E-state index contributed by atoms with van der Waals surface area (Å²) in [6, 6.07) is 14.8. The van der Waals surface area contributed by atoms with Crippen LogP contribution in [0.4, 0.5) is 5.69 Å². The van der Waals surface area contributed by atoms with Crippen LogP contribution >= 0.6 is 0 Å². The molecular formula is C24H26N4O. The molecule has 0 spiro atoms. The highest BCUT2D eigenvalue weighted by Crippen LogP contribution is 2.33. The summed E-state index contributed by atoms with van der Waals surface area (Å²) in [5.74, 6) is 1.44. The number of rotatable bonds is 3. The van der Waals surface area contributed by atoms with Gasteiger partial charge in [-0.05, 0) is 62.7 Å². The number of H-pyrrole nitrogens is 1. The summed E-state index contributed by atoms with van der Waals surface area (Å²) in [6.07, 6.45) is 3.84. The van der Waals surface area contributed by atoms with E-state index in [2.05, 4.69) is 77.4 Å². The van der Waals surface area contributed by atoms with Crippen LogP contribution in [0.3, 0.4) is 0 Å². The maximum absolute atomic E-state index is 6.16. The standard InChI is InChI=1S/C24H26N4O/c1-16-13-25-20-6-4-5-19(22(16)20)23-26-14-21(29-23)17-7-9-18(10-8-17)28-12-11-27-24(2,3)15-28/h4-10,13-14,25,27H,11-12,15H2,1-3H3. The summed E-state index contributed by atoms with van der Waals surface area (Å²) in [6.45, 7) is 9.62. The van der Waals surface area contributed by atoms with E-state index in [0.29, 0.717) is 5.89 Å². The highest BCUT2D eigenvalue weighted by Gasteiger charge is 2.25. The molecule has 5 nitrogen and oxygen atoms in total. The zero-order chi connectivity index (χ0) is 20.0. The second kappa shape index (κ2) is 6.78. The largest absolute Gasteiger partial charge is 0.436 e. The van der Waals surface area contributed by atoms with Crippen LogP contribution in [0.25, 0.3) is 33.7 Å². The van der Waals surface area contributed by atoms with Crippen LogP contribution in [0.1, 0.15) is 19.4 Å². The van der Waals surface area contributed by atoms with Crippen molar-refractivity contribution >= 4 is 16.6 Å². The van der Waals surface area contributed by atoms with Gasteiger partial charge in [0.25, 0.3) is 0 Å². The number of hydrogen-bond acceptors (Lipinski definition) is 4. The molecule has 5 rings (SSSR count). The summed E-state index contributed by atoms with van der Waals surface area (Å²) in [5, 5.41) is 4.73. The minimum atomic E-state index is 0.133. The average Bonchev–Trinajstić information content (AvgIpc) is 3.35. The normalized spacial score (nSPS) is 16.4. The lowest BCUT2D eigenvalue weighted by atomic mass is 10.0. The number of oxazole rings is 1. The van der Waals surface area contributed by atoms with Crippen molar-refractivity contribution in [1.82, 2.24) is 15.3 Å². The first-order valence-corrected chi connectivity index (χ1v) is 10.1. The third kappa shape index (κ3) is 3.32. The lowest BCUT2D eigenvalue weighted by molar-refractivity contribution is 0.353. The van der Waals surface area contributed by atoms with Gasteiger partial charge in [-0.1, -0.05) is 6.07 Å². The molecule has 0 unspecified atom stereocenters. The van der Waals surface area contributed by atoms with Crippen LogP contribution in [0.5, 0.6) is 0 Å². The van der Waals surface area contributed by atoms with Crippen LogP contribution in [0.2, 0.25) is 0 Å². The number of piperazine rings is 1. The van der Waals surface area contributed by atoms with Gasteiger partial charge in [0, 0.05) is 59.1 Å². The number of nitrogens with zero attached hydrogens (tertiary/aromatic N) is 2. The highest BCUT2D eigenvalue weighted by molar-refractivity contribution is 5.95. The summed E-state index contributed by atoms with van der Waals surface area (Å²) < 4.78 is 6.16. The first-order valence-electron chi connectivity index (χ1n) is 10.1. The van der Waals surface area contributed by atoms with E-state index >= 15 is 0 Å². The molecule has 0 saturated carbocycles. The highest BCUT2D eigenvalue weighted by atomic mass is 16.4. The number of aromatic nitrogens is 2. The third-order valence-electron chi connectivity index (χ3n) is 5.73. The Hall–Kier alpha value is -3.05. The average molecular weight is 386 g/mol. The van der Waals surface area contributed by atoms with Gasteiger partial charge in [-0.25, -0.2) is 4.98 Å². The van der Waals surface area contributed by atoms with E-state index in [9.17, 15) is 0 Å². The monoisotopic (exact) mass is 386 g/mol. The maximum Gasteiger partial charge on any atom is 0.227 e. The maximum atomic E-state index is 6.16. The molecule has 1 saturated heterocycles. The van der Waals surface area contributed by atoms with Crippen molar-refractivity contribution in [2.24, 2.45) is 0 Å². The zero-order valence-corrected chi connectivity index (χ0v) is 17.1. The van der Waals surface area contributed by atoms with E-state index in [4.69, 9.17) is 4.42 Å². The van der Waals surface area contributed by atoms with Gasteiger partial charge in [0.15, 0.2) is 5.76 Å². The Labute approximate surface area is 170 Å². The molecule has 4 aromatic rings. The van der Waals surface area contributed by atoms with Crippen LogP contribution in [0.15, 0.2) is 59.3 Å². The fourth-order valence-electron chi connectivity index (χ4n) is 4.26. The molecule has 148 valence electrons. The van der Waals surface area contributed by atoms with Gasteiger partial charge in [-0.15, -0.1) is 0 Å². The van der Waals surface area contributed by atoms with Gasteiger partial charge in [0.05, 0.1) is 6.20 Å². The molecule has 1 aliphatic rings. The molecule has 5 heteroatoms. The molecular weight excluding hydrogens is 360 g/mol. The molecule has 29 heavy (non-hydrogen) atoms. The van der Waals surface area contributed by atoms with E-state index in [1.165, 1.54) is 11.3 Å². The summed E-state index contributed by atoms with van der Waals surface area (Å²) >= 11 is 0. The Kier molecular flexibility index (Phi) is 4.21. The Bertz CT molecular complexity index is 1150. The van der Waals surface area contributed by atoms with E-state index in [-0.39, 0.29) is 5.54 Å². The molecule has 3 heterocycles. The predicted octanol–water partition coefficient (Wildman–Crippen LogP) is 4.99. The summed E-state index contributed by atoms with van der Waals surface area (Å²) in [5.41, 5.74) is 5.73. The van der Waals surface area contributed by atoms with Crippen molar-refractivity contribution in [3.05, 3.63) is 60.4 Å². The molecule has 1 aliphatic heterocycles. The fraction of sp³-hybridized carbons (Fsp3) is 0.292. The lowest BCUT2D eigenvalue weighted by Crippen LogP contribution is -2.57. The second-order valence-corrected chi connectivity index (χ2v) is 8.51. The molecule has 2 aromatic heterocycles. The van der Waals surface area contributed by atoms with Crippen LogP contribution < -0.4 is 10.2 Å². The Morgan fingerprint density at radius 1 is 1.10 bits per heavy atom. The Morgan fingerprint density at radius 3 is 2.72 bits per heavy atom. The molecule has 1 fully saturated rings. The van der Waals surface area contributed by atoms with Crippen LogP contribution in [-0.4, -0.2) is 35.1 Å². The number of aromatic amines is 1. The fourth-order valence-corrected chi connectivity index (χ4v) is 4.26. The molecule has 0 amide bonds. The van der Waals surface area contributed by atoms with Crippen LogP contribution in [0, 0.1) is 6.92 Å². The van der Waals surface area contributed by atoms with Gasteiger partial charge < -0.3 is 19.6 Å². The number of benzene rings is 2. The molecule has 2 N–H and O–H groups in total. The first kappa shape index (κ1) is 18.0. The number of aryl methyl sites for hydroxylation is 1.